The SMILES string of the molecule is C=C(C)C(=O)OCCOCCOCCOCCOCCOCCOCCOCCNC(=O)OCC1c2ccccc2-c2ccccc21. The number of fused-ring (bicyclic) bond motifs is 3. The third kappa shape index (κ3) is 15.4. The predicted octanol–water partition coefficient (Wildman–Crippen LogP) is 3.76. The quantitative estimate of drug-likeness (QED) is 0.0855. The lowest BCUT2D eigenvalue weighted by Crippen LogP contribution is -2.29. The van der Waals surface area contributed by atoms with Crippen LogP contribution in [0.1, 0.15) is 24.0 Å². The van der Waals surface area contributed by atoms with E-state index >= 15 is 0 Å². The Labute approximate surface area is 277 Å². The second-order valence-corrected chi connectivity index (χ2v) is 10.5. The van der Waals surface area contributed by atoms with Crippen molar-refractivity contribution in [1.29, 1.82) is 0 Å². The average Bonchev–Trinajstić information content (AvgIpc) is 3.40. The van der Waals surface area contributed by atoms with Crippen molar-refractivity contribution in [3.05, 3.63) is 71.8 Å². The number of carbonyl (C=O) groups excluding carboxylic acids is 2. The number of carbonyl (C=O) groups is 2. The van der Waals surface area contributed by atoms with E-state index in [4.69, 9.17) is 42.6 Å². The summed E-state index contributed by atoms with van der Waals surface area (Å²) in [7, 11) is 0. The van der Waals surface area contributed by atoms with Gasteiger partial charge < -0.3 is 47.9 Å². The van der Waals surface area contributed by atoms with E-state index in [9.17, 15) is 9.59 Å². The van der Waals surface area contributed by atoms with Gasteiger partial charge in [-0.25, -0.2) is 9.59 Å². The highest BCUT2D eigenvalue weighted by atomic mass is 16.6. The number of nitrogens with one attached hydrogen (secondary N) is 1. The molecule has 0 bridgehead atoms. The van der Waals surface area contributed by atoms with E-state index in [1.165, 1.54) is 22.3 Å². The minimum Gasteiger partial charge on any atom is -0.460 e. The molecule has 0 spiro atoms. The number of hydrogen-bond donors (Lipinski definition) is 1. The molecule has 1 amide bonds. The molecule has 3 rings (SSSR count). The number of hydrogen-bond acceptors (Lipinski definition) is 11. The van der Waals surface area contributed by atoms with Crippen LogP contribution in [0.2, 0.25) is 0 Å². The van der Waals surface area contributed by atoms with Crippen LogP contribution in [0.4, 0.5) is 4.79 Å². The molecule has 260 valence electrons. The number of esters is 1. The number of alkyl carbamates (subject to hydrolysis) is 1. The Hall–Kier alpha value is -3.36. The summed E-state index contributed by atoms with van der Waals surface area (Å²) in [6.45, 7) is 12.0. The lowest BCUT2D eigenvalue weighted by atomic mass is 9.98. The van der Waals surface area contributed by atoms with E-state index in [2.05, 4.69) is 36.2 Å². The minimum atomic E-state index is -0.456. The van der Waals surface area contributed by atoms with Crippen LogP contribution in [0.5, 0.6) is 0 Å². The van der Waals surface area contributed by atoms with Gasteiger partial charge >= 0.3 is 12.1 Å². The van der Waals surface area contributed by atoms with Crippen LogP contribution >= 0.6 is 0 Å². The summed E-state index contributed by atoms with van der Waals surface area (Å²) < 4.78 is 48.5. The summed E-state index contributed by atoms with van der Waals surface area (Å²) in [6.07, 6.45) is -0.456. The van der Waals surface area contributed by atoms with E-state index in [0.717, 1.165) is 0 Å². The molecule has 0 aromatic heterocycles. The van der Waals surface area contributed by atoms with E-state index in [1.807, 2.05) is 24.3 Å². The Bertz CT molecular complexity index is 1150. The molecule has 0 fully saturated rings. The molecule has 0 radical (unpaired) electrons. The molecule has 2 aromatic rings. The van der Waals surface area contributed by atoms with Crippen molar-refractivity contribution in [3.63, 3.8) is 0 Å². The zero-order valence-electron chi connectivity index (χ0n) is 27.4. The number of rotatable bonds is 27. The molecule has 12 nitrogen and oxygen atoms in total. The Balaban J connectivity index is 1.01. The fourth-order valence-corrected chi connectivity index (χ4v) is 4.61. The summed E-state index contributed by atoms with van der Waals surface area (Å²) in [5, 5.41) is 2.73. The van der Waals surface area contributed by atoms with Crippen LogP contribution in [0.15, 0.2) is 60.7 Å². The maximum atomic E-state index is 12.2. The molecule has 0 heterocycles. The molecule has 0 saturated carbocycles. The highest BCUT2D eigenvalue weighted by molar-refractivity contribution is 5.86. The van der Waals surface area contributed by atoms with Crippen LogP contribution in [-0.4, -0.2) is 124 Å². The van der Waals surface area contributed by atoms with Crippen molar-refractivity contribution in [2.24, 2.45) is 0 Å². The summed E-state index contributed by atoms with van der Waals surface area (Å²) in [6, 6.07) is 16.5. The topological polar surface area (TPSA) is 129 Å². The number of ether oxygens (including phenoxy) is 9. The highest BCUT2D eigenvalue weighted by Gasteiger charge is 2.28. The monoisotopic (exact) mass is 659 g/mol. The maximum Gasteiger partial charge on any atom is 0.407 e. The Morgan fingerprint density at radius 3 is 1.38 bits per heavy atom. The van der Waals surface area contributed by atoms with Gasteiger partial charge in [-0.2, -0.15) is 0 Å². The van der Waals surface area contributed by atoms with E-state index in [-0.39, 0.29) is 19.1 Å². The average molecular weight is 660 g/mol. The van der Waals surface area contributed by atoms with E-state index in [0.29, 0.717) is 105 Å². The molecule has 0 aliphatic heterocycles. The third-order valence-electron chi connectivity index (χ3n) is 6.90. The normalized spacial score (nSPS) is 12.0. The zero-order valence-corrected chi connectivity index (χ0v) is 27.4. The Kier molecular flexibility index (Phi) is 19.4. The summed E-state index contributed by atoms with van der Waals surface area (Å²) in [4.78, 5) is 23.4. The molecule has 12 heteroatoms. The zero-order chi connectivity index (χ0) is 33.4. The molecule has 1 aliphatic carbocycles. The molecular weight excluding hydrogens is 610 g/mol. The standard InChI is InChI=1S/C35H49NO11/c1-28(2)34(37)46-26-25-45-24-23-44-22-21-43-20-19-42-18-17-41-16-15-40-14-13-39-12-11-36-35(38)47-27-33-31-9-5-3-7-29(31)30-8-4-6-10-32(30)33/h3-10,33H,1,11-27H2,2H3,(H,36,38). The van der Waals surface area contributed by atoms with Gasteiger partial charge in [-0.1, -0.05) is 55.1 Å². The van der Waals surface area contributed by atoms with Crippen LogP contribution in [0.25, 0.3) is 11.1 Å². The molecule has 0 atom stereocenters. The molecule has 0 unspecified atom stereocenters. The summed E-state index contributed by atoms with van der Waals surface area (Å²) in [5.74, 6) is -0.381. The number of amides is 1. The fraction of sp³-hybridized carbons (Fsp3) is 0.543. The van der Waals surface area contributed by atoms with E-state index < -0.39 is 12.1 Å². The first-order chi connectivity index (χ1) is 23.1. The molecule has 0 saturated heterocycles. The van der Waals surface area contributed by atoms with Crippen molar-refractivity contribution in [1.82, 2.24) is 5.32 Å². The van der Waals surface area contributed by atoms with Gasteiger partial charge in [0.25, 0.3) is 0 Å². The predicted molar refractivity (Wildman–Crippen MR) is 175 cm³/mol. The fourth-order valence-electron chi connectivity index (χ4n) is 4.61. The van der Waals surface area contributed by atoms with Crippen LogP contribution in [0.3, 0.4) is 0 Å². The van der Waals surface area contributed by atoms with Gasteiger partial charge in [0.15, 0.2) is 0 Å². The van der Waals surface area contributed by atoms with Gasteiger partial charge in [-0.15, -0.1) is 0 Å². The molecule has 47 heavy (non-hydrogen) atoms. The van der Waals surface area contributed by atoms with Gasteiger partial charge in [0, 0.05) is 18.0 Å². The summed E-state index contributed by atoms with van der Waals surface area (Å²) >= 11 is 0. The molecular formula is C35H49NO11. The molecule has 2 aromatic carbocycles. The van der Waals surface area contributed by atoms with Crippen molar-refractivity contribution >= 4 is 12.1 Å². The first kappa shape index (κ1) is 38.1. The van der Waals surface area contributed by atoms with Gasteiger partial charge in [-0.3, -0.25) is 0 Å². The molecule has 1 N–H and O–H groups in total. The van der Waals surface area contributed by atoms with Crippen molar-refractivity contribution < 1.29 is 52.2 Å². The van der Waals surface area contributed by atoms with E-state index in [1.54, 1.807) is 6.92 Å². The van der Waals surface area contributed by atoms with Crippen LogP contribution < -0.4 is 5.32 Å². The molecule has 1 aliphatic rings. The third-order valence-corrected chi connectivity index (χ3v) is 6.90. The maximum absolute atomic E-state index is 12.2. The first-order valence-electron chi connectivity index (χ1n) is 16.0. The van der Waals surface area contributed by atoms with Crippen LogP contribution in [0, 0.1) is 0 Å². The highest BCUT2D eigenvalue weighted by Crippen LogP contribution is 2.44. The summed E-state index contributed by atoms with van der Waals surface area (Å²) in [5.41, 5.74) is 5.13. The van der Waals surface area contributed by atoms with Gasteiger partial charge in [0.1, 0.15) is 13.2 Å². The van der Waals surface area contributed by atoms with Gasteiger partial charge in [0.2, 0.25) is 0 Å². The second kappa shape index (κ2) is 23.9. The van der Waals surface area contributed by atoms with Gasteiger partial charge in [0.05, 0.1) is 92.5 Å². The lowest BCUT2D eigenvalue weighted by Gasteiger charge is -2.14. The smallest absolute Gasteiger partial charge is 0.407 e. The first-order valence-corrected chi connectivity index (χ1v) is 16.0. The Morgan fingerprint density at radius 1 is 0.574 bits per heavy atom. The van der Waals surface area contributed by atoms with Crippen molar-refractivity contribution in [2.75, 3.05) is 112 Å². The Morgan fingerprint density at radius 2 is 0.957 bits per heavy atom. The van der Waals surface area contributed by atoms with Crippen LogP contribution in [-0.2, 0) is 47.4 Å². The lowest BCUT2D eigenvalue weighted by molar-refractivity contribution is -0.140. The van der Waals surface area contributed by atoms with Crippen molar-refractivity contribution in [3.8, 4) is 11.1 Å². The largest absolute Gasteiger partial charge is 0.460 e. The van der Waals surface area contributed by atoms with Crippen molar-refractivity contribution in [2.45, 2.75) is 12.8 Å². The van der Waals surface area contributed by atoms with Gasteiger partial charge in [-0.05, 0) is 29.2 Å². The minimum absolute atomic E-state index is 0.0354. The second-order valence-electron chi connectivity index (χ2n) is 10.5. The number of benzene rings is 2.